The number of ether oxygens (including phenoxy) is 1. The molecule has 0 radical (unpaired) electrons. The summed E-state index contributed by atoms with van der Waals surface area (Å²) in [6.45, 7) is 2.22. The number of carbonyl (C=O) groups excluding carboxylic acids is 1. The Labute approximate surface area is 272 Å². The third kappa shape index (κ3) is 24.9. The zero-order valence-corrected chi connectivity index (χ0v) is 29.6. The van der Waals surface area contributed by atoms with Crippen LogP contribution in [0.2, 0.25) is 0 Å². The number of benzene rings is 1. The van der Waals surface area contributed by atoms with Crippen LogP contribution in [0.15, 0.2) is 29.2 Å². The molecule has 0 aliphatic rings. The summed E-state index contributed by atoms with van der Waals surface area (Å²) in [4.78, 5) is 11.3. The Balaban J connectivity index is 1.70. The SMILES string of the molecule is COC(=O)CCCCCCCCCCCCCCCCCCCCCCCCCCCCCOS(=O)(=O)c1ccc(C)cc1. The lowest BCUT2D eigenvalue weighted by Crippen LogP contribution is -2.07. The van der Waals surface area contributed by atoms with E-state index in [2.05, 4.69) is 4.74 Å². The molecule has 0 bridgehead atoms. The second-order valence-corrected chi connectivity index (χ2v) is 14.6. The van der Waals surface area contributed by atoms with Gasteiger partial charge in [0.2, 0.25) is 0 Å². The first-order valence-corrected chi connectivity index (χ1v) is 19.9. The van der Waals surface area contributed by atoms with Crippen LogP contribution >= 0.6 is 0 Å². The van der Waals surface area contributed by atoms with Gasteiger partial charge in [0, 0.05) is 6.42 Å². The van der Waals surface area contributed by atoms with Crippen LogP contribution in [-0.2, 0) is 23.8 Å². The van der Waals surface area contributed by atoms with Gasteiger partial charge in [-0.1, -0.05) is 178 Å². The van der Waals surface area contributed by atoms with E-state index < -0.39 is 10.1 Å². The molecule has 1 rings (SSSR count). The quantitative estimate of drug-likeness (QED) is 0.0447. The highest BCUT2D eigenvalue weighted by atomic mass is 32.2. The molecule has 0 N–H and O–H groups in total. The van der Waals surface area contributed by atoms with Gasteiger partial charge in [0.05, 0.1) is 18.6 Å². The second kappa shape index (κ2) is 29.0. The van der Waals surface area contributed by atoms with Gasteiger partial charge in [0.15, 0.2) is 0 Å². The topological polar surface area (TPSA) is 69.7 Å². The first-order valence-electron chi connectivity index (χ1n) is 18.5. The summed E-state index contributed by atoms with van der Waals surface area (Å²) in [7, 11) is -2.15. The van der Waals surface area contributed by atoms with Gasteiger partial charge in [-0.2, -0.15) is 8.42 Å². The molecule has 0 atom stereocenters. The molecular formula is C38H68O5S. The molecule has 1 aromatic rings. The smallest absolute Gasteiger partial charge is 0.305 e. The van der Waals surface area contributed by atoms with Crippen LogP contribution in [0.25, 0.3) is 0 Å². The molecule has 0 fully saturated rings. The van der Waals surface area contributed by atoms with Crippen molar-refractivity contribution in [2.75, 3.05) is 13.7 Å². The molecule has 0 unspecified atom stereocenters. The summed E-state index contributed by atoms with van der Waals surface area (Å²) in [6, 6.07) is 6.82. The Morgan fingerprint density at radius 3 is 1.11 bits per heavy atom. The van der Waals surface area contributed by atoms with E-state index in [1.165, 1.54) is 148 Å². The summed E-state index contributed by atoms with van der Waals surface area (Å²) in [5, 5.41) is 0. The Bertz CT molecular complexity index is 881. The van der Waals surface area contributed by atoms with Gasteiger partial charge in [-0.15, -0.1) is 0 Å². The molecule has 0 aromatic heterocycles. The molecule has 0 amide bonds. The predicted molar refractivity (Wildman–Crippen MR) is 186 cm³/mol. The Hall–Kier alpha value is -1.40. The van der Waals surface area contributed by atoms with Crippen LogP contribution in [0.1, 0.15) is 185 Å². The van der Waals surface area contributed by atoms with E-state index in [9.17, 15) is 13.2 Å². The van der Waals surface area contributed by atoms with Gasteiger partial charge < -0.3 is 4.74 Å². The van der Waals surface area contributed by atoms with Gasteiger partial charge >= 0.3 is 5.97 Å². The molecule has 0 saturated carbocycles. The molecule has 0 spiro atoms. The Morgan fingerprint density at radius 1 is 0.500 bits per heavy atom. The predicted octanol–water partition coefficient (Wildman–Crippen LogP) is 11.8. The van der Waals surface area contributed by atoms with Crippen LogP contribution in [0.5, 0.6) is 0 Å². The van der Waals surface area contributed by atoms with Gasteiger partial charge in [-0.25, -0.2) is 0 Å². The van der Waals surface area contributed by atoms with E-state index >= 15 is 0 Å². The third-order valence-corrected chi connectivity index (χ3v) is 10.1. The number of esters is 1. The van der Waals surface area contributed by atoms with Crippen LogP contribution in [0.4, 0.5) is 0 Å². The normalized spacial score (nSPS) is 11.7. The summed E-state index contributed by atoms with van der Waals surface area (Å²) >= 11 is 0. The van der Waals surface area contributed by atoms with Gasteiger partial charge in [0.1, 0.15) is 0 Å². The second-order valence-electron chi connectivity index (χ2n) is 13.0. The number of unbranched alkanes of at least 4 members (excludes halogenated alkanes) is 26. The Morgan fingerprint density at radius 2 is 0.795 bits per heavy atom. The summed E-state index contributed by atoms with van der Waals surface area (Å²) in [6.07, 6.45) is 36.0. The number of methoxy groups -OCH3 is 1. The molecule has 44 heavy (non-hydrogen) atoms. The van der Waals surface area contributed by atoms with Crippen molar-refractivity contribution in [2.24, 2.45) is 0 Å². The van der Waals surface area contributed by atoms with Gasteiger partial charge in [0.25, 0.3) is 10.1 Å². The third-order valence-electron chi connectivity index (χ3n) is 8.80. The van der Waals surface area contributed by atoms with Crippen molar-refractivity contribution < 1.29 is 22.1 Å². The monoisotopic (exact) mass is 636 g/mol. The van der Waals surface area contributed by atoms with Crippen molar-refractivity contribution in [3.63, 3.8) is 0 Å². The highest BCUT2D eigenvalue weighted by Crippen LogP contribution is 2.17. The van der Waals surface area contributed by atoms with Gasteiger partial charge in [-0.3, -0.25) is 8.98 Å². The standard InChI is InChI=1S/C38H68O5S/c1-36-31-33-37(34-32-36)44(40,41)43-35-29-27-25-23-21-19-17-15-13-11-9-7-5-3-4-6-8-10-12-14-16-18-20-22-24-26-28-30-38(39)42-2/h31-34H,3-30,35H2,1-2H3. The van der Waals surface area contributed by atoms with Crippen LogP contribution in [0, 0.1) is 6.92 Å². The van der Waals surface area contributed by atoms with Crippen molar-refractivity contribution in [1.29, 1.82) is 0 Å². The van der Waals surface area contributed by atoms with E-state index in [0.717, 1.165) is 37.7 Å². The maximum absolute atomic E-state index is 12.2. The van der Waals surface area contributed by atoms with E-state index in [1.54, 1.807) is 24.3 Å². The zero-order chi connectivity index (χ0) is 32.0. The van der Waals surface area contributed by atoms with Crippen molar-refractivity contribution in [2.45, 2.75) is 192 Å². The van der Waals surface area contributed by atoms with Crippen molar-refractivity contribution in [3.8, 4) is 0 Å². The maximum Gasteiger partial charge on any atom is 0.305 e. The average molecular weight is 637 g/mol. The molecule has 256 valence electrons. The molecule has 0 aliphatic heterocycles. The lowest BCUT2D eigenvalue weighted by atomic mass is 10.0. The van der Waals surface area contributed by atoms with Crippen LogP contribution in [0.3, 0.4) is 0 Å². The lowest BCUT2D eigenvalue weighted by Gasteiger charge is -2.06. The molecule has 0 heterocycles. The maximum atomic E-state index is 12.2. The first kappa shape index (κ1) is 40.6. The van der Waals surface area contributed by atoms with Crippen molar-refractivity contribution in [3.05, 3.63) is 29.8 Å². The number of rotatable bonds is 32. The minimum atomic E-state index is -3.62. The number of aryl methyl sites for hydroxylation is 1. The highest BCUT2D eigenvalue weighted by molar-refractivity contribution is 7.86. The number of carbonyl (C=O) groups is 1. The van der Waals surface area contributed by atoms with E-state index in [-0.39, 0.29) is 17.5 Å². The van der Waals surface area contributed by atoms with E-state index in [0.29, 0.717) is 6.42 Å². The molecule has 0 saturated heterocycles. The highest BCUT2D eigenvalue weighted by Gasteiger charge is 2.14. The fraction of sp³-hybridized carbons (Fsp3) is 0.816. The summed E-state index contributed by atoms with van der Waals surface area (Å²) in [5.41, 5.74) is 1.04. The molecule has 5 nitrogen and oxygen atoms in total. The molecule has 0 aliphatic carbocycles. The van der Waals surface area contributed by atoms with Crippen molar-refractivity contribution >= 4 is 16.1 Å². The zero-order valence-electron chi connectivity index (χ0n) is 28.8. The average Bonchev–Trinajstić information content (AvgIpc) is 3.02. The fourth-order valence-corrected chi connectivity index (χ4v) is 6.78. The van der Waals surface area contributed by atoms with E-state index in [1.807, 2.05) is 6.92 Å². The largest absolute Gasteiger partial charge is 0.469 e. The van der Waals surface area contributed by atoms with Gasteiger partial charge in [-0.05, 0) is 31.9 Å². The number of hydrogen-bond donors (Lipinski definition) is 0. The van der Waals surface area contributed by atoms with Crippen LogP contribution < -0.4 is 0 Å². The number of hydrogen-bond acceptors (Lipinski definition) is 5. The molecular weight excluding hydrogens is 568 g/mol. The Kier molecular flexibility index (Phi) is 26.8. The lowest BCUT2D eigenvalue weighted by molar-refractivity contribution is -0.140. The first-order chi connectivity index (χ1) is 21.5. The van der Waals surface area contributed by atoms with E-state index in [4.69, 9.17) is 4.18 Å². The van der Waals surface area contributed by atoms with Crippen LogP contribution in [-0.4, -0.2) is 28.1 Å². The minimum absolute atomic E-state index is 0.0723. The minimum Gasteiger partial charge on any atom is -0.469 e. The summed E-state index contributed by atoms with van der Waals surface area (Å²) < 4.78 is 34.2. The fourth-order valence-electron chi connectivity index (χ4n) is 5.83. The van der Waals surface area contributed by atoms with Crippen molar-refractivity contribution in [1.82, 2.24) is 0 Å². The summed E-state index contributed by atoms with van der Waals surface area (Å²) in [5.74, 6) is -0.0723. The molecule has 1 aromatic carbocycles. The molecule has 6 heteroatoms.